The van der Waals surface area contributed by atoms with Gasteiger partial charge in [0.05, 0.1) is 5.69 Å². The number of aryl methyl sites for hydroxylation is 1. The fourth-order valence-electron chi connectivity index (χ4n) is 2.22. The van der Waals surface area contributed by atoms with E-state index < -0.39 is 0 Å². The van der Waals surface area contributed by atoms with E-state index in [4.69, 9.17) is 20.9 Å². The van der Waals surface area contributed by atoms with E-state index in [0.29, 0.717) is 27.6 Å². The van der Waals surface area contributed by atoms with Gasteiger partial charge in [0.2, 0.25) is 5.88 Å². The molecule has 1 heterocycles. The zero-order chi connectivity index (χ0) is 18.5. The highest BCUT2D eigenvalue weighted by Gasteiger charge is 2.10. The number of nitrogens with one attached hydrogen (secondary N) is 1. The molecule has 0 aliphatic heterocycles. The molecule has 0 radical (unpaired) electrons. The van der Waals surface area contributed by atoms with Crippen LogP contribution in [0.4, 0.5) is 5.88 Å². The van der Waals surface area contributed by atoms with Crippen LogP contribution in [0.1, 0.15) is 21.6 Å². The zero-order valence-electron chi connectivity index (χ0n) is 13.9. The molecule has 0 unspecified atom stereocenters. The smallest absolute Gasteiger partial charge is 0.264 e. The lowest BCUT2D eigenvalue weighted by Gasteiger charge is -2.07. The van der Waals surface area contributed by atoms with Gasteiger partial charge >= 0.3 is 0 Å². The van der Waals surface area contributed by atoms with Gasteiger partial charge < -0.3 is 9.26 Å². The molecule has 0 aliphatic carbocycles. The summed E-state index contributed by atoms with van der Waals surface area (Å²) >= 11 is 5.83. The van der Waals surface area contributed by atoms with Gasteiger partial charge in [-0.05, 0) is 55.5 Å². The summed E-state index contributed by atoms with van der Waals surface area (Å²) in [5, 5.41) is 6.78. The Hall–Kier alpha value is -3.12. The number of hydrogen-bond acceptors (Lipinski definition) is 5. The monoisotopic (exact) mass is 370 g/mol. The van der Waals surface area contributed by atoms with Crippen molar-refractivity contribution < 1.29 is 18.8 Å². The minimum absolute atomic E-state index is 0.119. The molecule has 0 spiro atoms. The fourth-order valence-corrected chi connectivity index (χ4v) is 2.34. The molecule has 0 bridgehead atoms. The molecule has 0 saturated heterocycles. The van der Waals surface area contributed by atoms with Gasteiger partial charge in [-0.2, -0.15) is 0 Å². The number of nitrogens with zero attached hydrogens (tertiary/aromatic N) is 1. The minimum atomic E-state index is -0.373. The van der Waals surface area contributed by atoms with E-state index in [-0.39, 0.29) is 24.2 Å². The van der Waals surface area contributed by atoms with Crippen LogP contribution in [0.3, 0.4) is 0 Å². The molecule has 2 aromatic carbocycles. The molecule has 26 heavy (non-hydrogen) atoms. The first-order chi connectivity index (χ1) is 12.5. The summed E-state index contributed by atoms with van der Waals surface area (Å²) in [7, 11) is 0. The van der Waals surface area contributed by atoms with E-state index in [0.717, 1.165) is 0 Å². The molecule has 7 heteroatoms. The van der Waals surface area contributed by atoms with Gasteiger partial charge in [0, 0.05) is 22.2 Å². The Morgan fingerprint density at radius 1 is 1.08 bits per heavy atom. The second kappa shape index (κ2) is 7.84. The highest BCUT2D eigenvalue weighted by Crippen LogP contribution is 2.17. The summed E-state index contributed by atoms with van der Waals surface area (Å²) in [4.78, 5) is 24.2. The molecule has 6 nitrogen and oxygen atoms in total. The number of amides is 1. The topological polar surface area (TPSA) is 81.4 Å². The Labute approximate surface area is 154 Å². The Balaban J connectivity index is 1.56. The van der Waals surface area contributed by atoms with Gasteiger partial charge in [0.15, 0.2) is 12.4 Å². The second-order valence-electron chi connectivity index (χ2n) is 5.53. The van der Waals surface area contributed by atoms with Crippen LogP contribution < -0.4 is 10.1 Å². The van der Waals surface area contributed by atoms with Crippen molar-refractivity contribution in [3.05, 3.63) is 76.4 Å². The maximum atomic E-state index is 12.4. The minimum Gasteiger partial charge on any atom is -0.484 e. The second-order valence-corrected chi connectivity index (χ2v) is 5.97. The standard InChI is InChI=1S/C19H15ClN2O4/c1-12-10-18(26-22-12)21-17(23)11-25-16-8-4-14(5-9-16)19(24)13-2-6-15(20)7-3-13/h2-10H,11H2,1H3,(H,21,23). The molecular weight excluding hydrogens is 356 g/mol. The SMILES string of the molecule is Cc1cc(NC(=O)COc2ccc(C(=O)c3ccc(Cl)cc3)cc2)on1. The number of anilines is 1. The van der Waals surface area contributed by atoms with Gasteiger partial charge in [-0.15, -0.1) is 0 Å². The van der Waals surface area contributed by atoms with E-state index in [1.54, 1.807) is 61.5 Å². The van der Waals surface area contributed by atoms with E-state index in [2.05, 4.69) is 10.5 Å². The molecule has 1 N–H and O–H groups in total. The number of aromatic nitrogens is 1. The summed E-state index contributed by atoms with van der Waals surface area (Å²) in [6, 6.07) is 14.8. The average Bonchev–Trinajstić information content (AvgIpc) is 3.05. The van der Waals surface area contributed by atoms with Crippen LogP contribution in [-0.4, -0.2) is 23.5 Å². The van der Waals surface area contributed by atoms with Crippen LogP contribution in [0.5, 0.6) is 5.75 Å². The van der Waals surface area contributed by atoms with Crippen LogP contribution in [-0.2, 0) is 4.79 Å². The Morgan fingerprint density at radius 2 is 1.69 bits per heavy atom. The number of carbonyl (C=O) groups excluding carboxylic acids is 2. The largest absolute Gasteiger partial charge is 0.484 e. The summed E-state index contributed by atoms with van der Waals surface area (Å²) < 4.78 is 10.3. The van der Waals surface area contributed by atoms with Crippen LogP contribution in [0.15, 0.2) is 59.1 Å². The predicted molar refractivity (Wildman–Crippen MR) is 96.7 cm³/mol. The molecule has 1 amide bonds. The number of benzene rings is 2. The Morgan fingerprint density at radius 3 is 2.27 bits per heavy atom. The first-order valence-electron chi connectivity index (χ1n) is 7.77. The van der Waals surface area contributed by atoms with Gasteiger partial charge in [0.1, 0.15) is 5.75 Å². The summed E-state index contributed by atoms with van der Waals surface area (Å²) in [6.45, 7) is 1.56. The first-order valence-corrected chi connectivity index (χ1v) is 8.15. The van der Waals surface area contributed by atoms with E-state index >= 15 is 0 Å². The third kappa shape index (κ3) is 4.49. The predicted octanol–water partition coefficient (Wildman–Crippen LogP) is 3.88. The third-order valence-corrected chi connectivity index (χ3v) is 3.74. The van der Waals surface area contributed by atoms with Crippen LogP contribution >= 0.6 is 11.6 Å². The zero-order valence-corrected chi connectivity index (χ0v) is 14.6. The van der Waals surface area contributed by atoms with Gasteiger partial charge in [-0.1, -0.05) is 16.8 Å². The molecule has 3 rings (SSSR count). The van der Waals surface area contributed by atoms with Crippen molar-refractivity contribution in [3.63, 3.8) is 0 Å². The van der Waals surface area contributed by atoms with Gasteiger partial charge in [0.25, 0.3) is 5.91 Å². The van der Waals surface area contributed by atoms with E-state index in [9.17, 15) is 9.59 Å². The van der Waals surface area contributed by atoms with Crippen molar-refractivity contribution in [2.24, 2.45) is 0 Å². The molecular formula is C19H15ClN2O4. The fraction of sp³-hybridized carbons (Fsp3) is 0.105. The molecule has 3 aromatic rings. The lowest BCUT2D eigenvalue weighted by Crippen LogP contribution is -2.19. The van der Waals surface area contributed by atoms with Crippen molar-refractivity contribution in [2.75, 3.05) is 11.9 Å². The average molecular weight is 371 g/mol. The molecule has 0 fully saturated rings. The lowest BCUT2D eigenvalue weighted by atomic mass is 10.0. The van der Waals surface area contributed by atoms with Crippen molar-refractivity contribution in [2.45, 2.75) is 6.92 Å². The first kappa shape index (κ1) is 17.7. The lowest BCUT2D eigenvalue weighted by molar-refractivity contribution is -0.118. The maximum Gasteiger partial charge on any atom is 0.264 e. The van der Waals surface area contributed by atoms with Crippen molar-refractivity contribution in [3.8, 4) is 5.75 Å². The number of ether oxygens (including phenoxy) is 1. The van der Waals surface area contributed by atoms with Crippen LogP contribution in [0, 0.1) is 6.92 Å². The number of halogens is 1. The number of ketones is 1. The van der Waals surface area contributed by atoms with Crippen molar-refractivity contribution in [1.29, 1.82) is 0 Å². The highest BCUT2D eigenvalue weighted by atomic mass is 35.5. The summed E-state index contributed by atoms with van der Waals surface area (Å²) in [5.41, 5.74) is 1.73. The van der Waals surface area contributed by atoms with Gasteiger partial charge in [-0.3, -0.25) is 14.9 Å². The number of carbonyl (C=O) groups is 2. The van der Waals surface area contributed by atoms with Crippen molar-refractivity contribution >= 4 is 29.2 Å². The molecule has 0 aliphatic rings. The number of hydrogen-bond donors (Lipinski definition) is 1. The summed E-state index contributed by atoms with van der Waals surface area (Å²) in [5.74, 6) is 0.246. The van der Waals surface area contributed by atoms with Crippen molar-refractivity contribution in [1.82, 2.24) is 5.16 Å². The highest BCUT2D eigenvalue weighted by molar-refractivity contribution is 6.30. The van der Waals surface area contributed by atoms with Gasteiger partial charge in [-0.25, -0.2) is 0 Å². The molecule has 132 valence electrons. The molecule has 0 atom stereocenters. The third-order valence-electron chi connectivity index (χ3n) is 3.48. The molecule has 0 saturated carbocycles. The number of rotatable bonds is 6. The van der Waals surface area contributed by atoms with Crippen LogP contribution in [0.2, 0.25) is 5.02 Å². The Bertz CT molecular complexity index is 917. The summed E-state index contributed by atoms with van der Waals surface area (Å²) in [6.07, 6.45) is 0. The quantitative estimate of drug-likeness (QED) is 0.666. The van der Waals surface area contributed by atoms with Crippen LogP contribution in [0.25, 0.3) is 0 Å². The Kier molecular flexibility index (Phi) is 5.34. The van der Waals surface area contributed by atoms with E-state index in [1.807, 2.05) is 0 Å². The maximum absolute atomic E-state index is 12.4. The molecule has 1 aromatic heterocycles. The normalized spacial score (nSPS) is 10.4. The van der Waals surface area contributed by atoms with E-state index in [1.165, 1.54) is 0 Å².